The Bertz CT molecular complexity index is 516. The van der Waals surface area contributed by atoms with E-state index in [1.165, 1.54) is 0 Å². The predicted octanol–water partition coefficient (Wildman–Crippen LogP) is 1.83. The molecule has 0 amide bonds. The molecule has 0 saturated carbocycles. The molecular weight excluding hydrogens is 192 g/mol. The van der Waals surface area contributed by atoms with Gasteiger partial charge in [0.1, 0.15) is 5.65 Å². The Hall–Kier alpha value is -1.84. The normalized spacial score (nSPS) is 12.9. The van der Waals surface area contributed by atoms with Crippen molar-refractivity contribution in [1.82, 2.24) is 9.38 Å². The molecule has 0 aliphatic heterocycles. The van der Waals surface area contributed by atoms with E-state index in [-0.39, 0.29) is 0 Å². The molecule has 1 N–H and O–H groups in total. The van der Waals surface area contributed by atoms with Gasteiger partial charge in [-0.1, -0.05) is 6.07 Å². The van der Waals surface area contributed by atoms with E-state index in [2.05, 4.69) is 4.98 Å². The molecular formula is C11H12N2O2. The molecule has 0 aliphatic rings. The molecule has 0 spiro atoms. The van der Waals surface area contributed by atoms with E-state index in [9.17, 15) is 4.79 Å². The van der Waals surface area contributed by atoms with Crippen LogP contribution in [0.4, 0.5) is 0 Å². The highest BCUT2D eigenvalue weighted by atomic mass is 16.4. The Balaban J connectivity index is 2.51. The monoisotopic (exact) mass is 204 g/mol. The maximum atomic E-state index is 10.8. The lowest BCUT2D eigenvalue weighted by Crippen LogP contribution is -2.07. The first-order chi connectivity index (χ1) is 7.08. The number of carboxylic acid groups (broad SMARTS) is 1. The average Bonchev–Trinajstić information content (AvgIpc) is 2.58. The van der Waals surface area contributed by atoms with Crippen LogP contribution in [0.1, 0.15) is 24.1 Å². The van der Waals surface area contributed by atoms with Crippen molar-refractivity contribution in [2.75, 3.05) is 0 Å². The van der Waals surface area contributed by atoms with Crippen molar-refractivity contribution in [2.24, 2.45) is 0 Å². The topological polar surface area (TPSA) is 54.6 Å². The van der Waals surface area contributed by atoms with Crippen LogP contribution in [0, 0.1) is 6.92 Å². The van der Waals surface area contributed by atoms with Gasteiger partial charge in [-0.15, -0.1) is 0 Å². The Labute approximate surface area is 87.2 Å². The Morgan fingerprint density at radius 2 is 2.20 bits per heavy atom. The third kappa shape index (κ3) is 1.70. The van der Waals surface area contributed by atoms with E-state index in [4.69, 9.17) is 5.11 Å². The molecule has 0 aliphatic carbocycles. The summed E-state index contributed by atoms with van der Waals surface area (Å²) >= 11 is 0. The Kier molecular flexibility index (Phi) is 2.19. The van der Waals surface area contributed by atoms with Gasteiger partial charge in [0, 0.05) is 12.4 Å². The van der Waals surface area contributed by atoms with Crippen molar-refractivity contribution >= 4 is 11.6 Å². The summed E-state index contributed by atoms with van der Waals surface area (Å²) in [6, 6.07) is 3.84. The highest BCUT2D eigenvalue weighted by molar-refractivity contribution is 5.75. The molecule has 2 rings (SSSR count). The molecule has 0 fully saturated rings. The second-order valence-electron chi connectivity index (χ2n) is 3.70. The lowest BCUT2D eigenvalue weighted by molar-refractivity contribution is -0.138. The number of carboxylic acids is 1. The molecule has 15 heavy (non-hydrogen) atoms. The quantitative estimate of drug-likeness (QED) is 0.811. The molecule has 2 aromatic heterocycles. The van der Waals surface area contributed by atoms with Gasteiger partial charge in [0.25, 0.3) is 0 Å². The second kappa shape index (κ2) is 3.38. The molecule has 0 aromatic carbocycles. The number of fused-ring (bicyclic) bond motifs is 1. The summed E-state index contributed by atoms with van der Waals surface area (Å²) in [5, 5.41) is 8.87. The van der Waals surface area contributed by atoms with E-state index in [1.807, 2.05) is 29.7 Å². The van der Waals surface area contributed by atoms with Crippen molar-refractivity contribution < 1.29 is 9.90 Å². The molecule has 4 heteroatoms. The van der Waals surface area contributed by atoms with Crippen LogP contribution in [0.5, 0.6) is 0 Å². The van der Waals surface area contributed by atoms with Gasteiger partial charge >= 0.3 is 5.97 Å². The number of carbonyl (C=O) groups is 1. The van der Waals surface area contributed by atoms with Crippen LogP contribution in [0.15, 0.2) is 24.5 Å². The first-order valence-electron chi connectivity index (χ1n) is 4.76. The van der Waals surface area contributed by atoms with Gasteiger partial charge in [-0.25, -0.2) is 4.98 Å². The first-order valence-corrected chi connectivity index (χ1v) is 4.76. The standard InChI is InChI=1S/C11H12N2O2/c1-7-3-4-10-12-9(6-13(10)5-7)8(2)11(14)15/h3-6,8H,1-2H3,(H,14,15). The number of aromatic nitrogens is 2. The number of hydrogen-bond donors (Lipinski definition) is 1. The third-order valence-corrected chi connectivity index (χ3v) is 2.43. The van der Waals surface area contributed by atoms with E-state index >= 15 is 0 Å². The number of rotatable bonds is 2. The van der Waals surface area contributed by atoms with E-state index < -0.39 is 11.9 Å². The van der Waals surface area contributed by atoms with Gasteiger partial charge in [0.05, 0.1) is 11.6 Å². The van der Waals surface area contributed by atoms with Crippen LogP contribution in [-0.4, -0.2) is 20.5 Å². The minimum atomic E-state index is -0.852. The summed E-state index contributed by atoms with van der Waals surface area (Å²) in [5.41, 5.74) is 2.49. The second-order valence-corrected chi connectivity index (χ2v) is 3.70. The lowest BCUT2D eigenvalue weighted by atomic mass is 10.1. The number of hydrogen-bond acceptors (Lipinski definition) is 2. The average molecular weight is 204 g/mol. The molecule has 1 atom stereocenters. The minimum absolute atomic E-state index is 0.565. The molecule has 78 valence electrons. The van der Waals surface area contributed by atoms with Crippen molar-refractivity contribution in [1.29, 1.82) is 0 Å². The highest BCUT2D eigenvalue weighted by Gasteiger charge is 2.16. The van der Waals surface area contributed by atoms with Gasteiger partial charge in [-0.2, -0.15) is 0 Å². The highest BCUT2D eigenvalue weighted by Crippen LogP contribution is 2.15. The van der Waals surface area contributed by atoms with Crippen LogP contribution in [-0.2, 0) is 4.79 Å². The minimum Gasteiger partial charge on any atom is -0.481 e. The van der Waals surface area contributed by atoms with Crippen LogP contribution in [0.25, 0.3) is 5.65 Å². The predicted molar refractivity (Wildman–Crippen MR) is 56.0 cm³/mol. The van der Waals surface area contributed by atoms with Crippen LogP contribution in [0.2, 0.25) is 0 Å². The molecule has 0 bridgehead atoms. The fraction of sp³-hybridized carbons (Fsp3) is 0.273. The largest absolute Gasteiger partial charge is 0.481 e. The summed E-state index contributed by atoms with van der Waals surface area (Å²) in [7, 11) is 0. The Morgan fingerprint density at radius 1 is 1.47 bits per heavy atom. The van der Waals surface area contributed by atoms with Gasteiger partial charge < -0.3 is 9.51 Å². The molecule has 0 radical (unpaired) electrons. The summed E-state index contributed by atoms with van der Waals surface area (Å²) in [4.78, 5) is 15.1. The maximum Gasteiger partial charge on any atom is 0.312 e. The van der Waals surface area contributed by atoms with Gasteiger partial charge in [0.2, 0.25) is 0 Å². The summed E-state index contributed by atoms with van der Waals surface area (Å²) < 4.78 is 1.85. The van der Waals surface area contributed by atoms with Crippen molar-refractivity contribution in [3.05, 3.63) is 35.8 Å². The van der Waals surface area contributed by atoms with Crippen molar-refractivity contribution in [2.45, 2.75) is 19.8 Å². The van der Waals surface area contributed by atoms with Gasteiger partial charge in [0.15, 0.2) is 0 Å². The fourth-order valence-electron chi connectivity index (χ4n) is 1.46. The van der Waals surface area contributed by atoms with E-state index in [0.717, 1.165) is 11.2 Å². The van der Waals surface area contributed by atoms with Gasteiger partial charge in [-0.3, -0.25) is 4.79 Å². The fourth-order valence-corrected chi connectivity index (χ4v) is 1.46. The van der Waals surface area contributed by atoms with Crippen molar-refractivity contribution in [3.63, 3.8) is 0 Å². The molecule has 2 aromatic rings. The third-order valence-electron chi connectivity index (χ3n) is 2.43. The molecule has 2 heterocycles. The zero-order valence-corrected chi connectivity index (χ0v) is 8.64. The summed E-state index contributed by atoms with van der Waals surface area (Å²) in [6.45, 7) is 3.62. The SMILES string of the molecule is Cc1ccc2nc(C(C)C(=O)O)cn2c1. The van der Waals surface area contributed by atoms with Crippen LogP contribution >= 0.6 is 0 Å². The zero-order chi connectivity index (χ0) is 11.0. The Morgan fingerprint density at radius 3 is 2.87 bits per heavy atom. The van der Waals surface area contributed by atoms with Crippen molar-refractivity contribution in [3.8, 4) is 0 Å². The van der Waals surface area contributed by atoms with Crippen LogP contribution in [0.3, 0.4) is 0 Å². The molecule has 4 nitrogen and oxygen atoms in total. The number of nitrogens with zero attached hydrogens (tertiary/aromatic N) is 2. The summed E-state index contributed by atoms with van der Waals surface area (Å²) in [5.74, 6) is -1.42. The number of pyridine rings is 1. The first kappa shape index (κ1) is 9.71. The van der Waals surface area contributed by atoms with Crippen LogP contribution < -0.4 is 0 Å². The molecule has 1 unspecified atom stereocenters. The molecule has 0 saturated heterocycles. The maximum absolute atomic E-state index is 10.8. The number of aryl methyl sites for hydroxylation is 1. The lowest BCUT2D eigenvalue weighted by Gasteiger charge is -1.98. The van der Waals surface area contributed by atoms with E-state index in [0.29, 0.717) is 5.69 Å². The number of imidazole rings is 1. The smallest absolute Gasteiger partial charge is 0.312 e. The number of aliphatic carboxylic acids is 1. The van der Waals surface area contributed by atoms with Gasteiger partial charge in [-0.05, 0) is 25.5 Å². The summed E-state index contributed by atoms with van der Waals surface area (Å²) in [6.07, 6.45) is 3.70. The van der Waals surface area contributed by atoms with E-state index in [1.54, 1.807) is 13.1 Å². The zero-order valence-electron chi connectivity index (χ0n) is 8.64.